The molecule has 0 unspecified atom stereocenters. The Morgan fingerprint density at radius 1 is 0.897 bits per heavy atom. The molecule has 1 heterocycles. The third kappa shape index (κ3) is 5.91. The van der Waals surface area contributed by atoms with Gasteiger partial charge in [-0.3, -0.25) is 14.5 Å². The van der Waals surface area contributed by atoms with E-state index >= 15 is 0 Å². The average molecular weight is 394 g/mol. The van der Waals surface area contributed by atoms with Crippen LogP contribution in [0.25, 0.3) is 0 Å². The standard InChI is InChI=1S/C24H31N3O2/c1-24(2,3)21-11-9-20(10-12-21)23(29)25-17-22(28)27-15-13-26(14-16-27)18-19-7-5-4-6-8-19/h4-12H,13-18H2,1-3H3,(H,25,29). The zero-order chi connectivity index (χ0) is 20.9. The molecule has 29 heavy (non-hydrogen) atoms. The Bertz CT molecular complexity index is 817. The van der Waals surface area contributed by atoms with Crippen molar-refractivity contribution in [3.8, 4) is 0 Å². The lowest BCUT2D eigenvalue weighted by atomic mass is 9.87. The van der Waals surface area contributed by atoms with Gasteiger partial charge in [-0.1, -0.05) is 63.2 Å². The van der Waals surface area contributed by atoms with Crippen molar-refractivity contribution in [2.75, 3.05) is 32.7 Å². The number of piperazine rings is 1. The molecule has 2 amide bonds. The first-order valence-electron chi connectivity index (χ1n) is 10.3. The van der Waals surface area contributed by atoms with Crippen molar-refractivity contribution in [1.29, 1.82) is 0 Å². The van der Waals surface area contributed by atoms with Gasteiger partial charge in [0.2, 0.25) is 5.91 Å². The molecule has 0 saturated carbocycles. The Balaban J connectivity index is 1.43. The van der Waals surface area contributed by atoms with Crippen molar-refractivity contribution in [2.45, 2.75) is 32.7 Å². The summed E-state index contributed by atoms with van der Waals surface area (Å²) in [5, 5.41) is 2.76. The molecule has 1 saturated heterocycles. The lowest BCUT2D eigenvalue weighted by molar-refractivity contribution is -0.131. The third-order valence-electron chi connectivity index (χ3n) is 5.39. The summed E-state index contributed by atoms with van der Waals surface area (Å²) in [6.07, 6.45) is 0. The van der Waals surface area contributed by atoms with Crippen molar-refractivity contribution >= 4 is 11.8 Å². The van der Waals surface area contributed by atoms with Gasteiger partial charge in [-0.2, -0.15) is 0 Å². The lowest BCUT2D eigenvalue weighted by Crippen LogP contribution is -2.50. The summed E-state index contributed by atoms with van der Waals surface area (Å²) >= 11 is 0. The van der Waals surface area contributed by atoms with Crippen molar-refractivity contribution < 1.29 is 9.59 Å². The van der Waals surface area contributed by atoms with Crippen molar-refractivity contribution in [3.63, 3.8) is 0 Å². The summed E-state index contributed by atoms with van der Waals surface area (Å²) in [4.78, 5) is 29.0. The topological polar surface area (TPSA) is 52.7 Å². The number of carbonyl (C=O) groups excluding carboxylic acids is 2. The zero-order valence-electron chi connectivity index (χ0n) is 17.6. The first-order valence-corrected chi connectivity index (χ1v) is 10.3. The van der Waals surface area contributed by atoms with Crippen LogP contribution in [0.4, 0.5) is 0 Å². The maximum Gasteiger partial charge on any atom is 0.251 e. The van der Waals surface area contributed by atoms with Gasteiger partial charge >= 0.3 is 0 Å². The minimum Gasteiger partial charge on any atom is -0.343 e. The van der Waals surface area contributed by atoms with E-state index in [1.54, 1.807) is 0 Å². The van der Waals surface area contributed by atoms with E-state index in [-0.39, 0.29) is 23.8 Å². The number of benzene rings is 2. The predicted octanol–water partition coefficient (Wildman–Crippen LogP) is 3.06. The van der Waals surface area contributed by atoms with Crippen molar-refractivity contribution in [1.82, 2.24) is 15.1 Å². The quantitative estimate of drug-likeness (QED) is 0.849. The second kappa shape index (κ2) is 9.23. The minimum absolute atomic E-state index is 0.0241. The molecule has 1 aliphatic rings. The average Bonchev–Trinajstić information content (AvgIpc) is 2.72. The highest BCUT2D eigenvalue weighted by Crippen LogP contribution is 2.22. The van der Waals surface area contributed by atoms with E-state index in [1.165, 1.54) is 11.1 Å². The normalized spacial score (nSPS) is 15.2. The highest BCUT2D eigenvalue weighted by atomic mass is 16.2. The summed E-state index contributed by atoms with van der Waals surface area (Å²) in [5.74, 6) is -0.231. The first kappa shape index (κ1) is 21.1. The second-order valence-electron chi connectivity index (χ2n) is 8.65. The van der Waals surface area contributed by atoms with Crippen LogP contribution in [0.3, 0.4) is 0 Å². The molecule has 5 nitrogen and oxygen atoms in total. The molecule has 0 radical (unpaired) electrons. The van der Waals surface area contributed by atoms with E-state index in [9.17, 15) is 9.59 Å². The molecule has 0 atom stereocenters. The molecular formula is C24H31N3O2. The van der Waals surface area contributed by atoms with Crippen LogP contribution in [0.1, 0.15) is 42.3 Å². The Morgan fingerprint density at radius 2 is 1.52 bits per heavy atom. The molecule has 1 fully saturated rings. The largest absolute Gasteiger partial charge is 0.343 e. The van der Waals surface area contributed by atoms with Crippen molar-refractivity contribution in [3.05, 3.63) is 71.3 Å². The van der Waals surface area contributed by atoms with E-state index in [0.29, 0.717) is 18.7 Å². The van der Waals surface area contributed by atoms with Crippen LogP contribution < -0.4 is 5.32 Å². The van der Waals surface area contributed by atoms with E-state index in [1.807, 2.05) is 35.2 Å². The van der Waals surface area contributed by atoms with Gasteiger partial charge in [0.1, 0.15) is 0 Å². The van der Waals surface area contributed by atoms with Crippen molar-refractivity contribution in [2.24, 2.45) is 0 Å². The number of nitrogens with one attached hydrogen (secondary N) is 1. The van der Waals surface area contributed by atoms with Gasteiger partial charge in [0, 0.05) is 38.3 Å². The zero-order valence-corrected chi connectivity index (χ0v) is 17.6. The van der Waals surface area contributed by atoms with Gasteiger partial charge in [0.25, 0.3) is 5.91 Å². The smallest absolute Gasteiger partial charge is 0.251 e. The fraction of sp³-hybridized carbons (Fsp3) is 0.417. The molecule has 1 aliphatic heterocycles. The van der Waals surface area contributed by atoms with E-state index in [4.69, 9.17) is 0 Å². The highest BCUT2D eigenvalue weighted by molar-refractivity contribution is 5.96. The minimum atomic E-state index is -0.207. The van der Waals surface area contributed by atoms with Crippen LogP contribution in [-0.2, 0) is 16.8 Å². The van der Waals surface area contributed by atoms with Crippen LogP contribution in [0.5, 0.6) is 0 Å². The molecule has 0 spiro atoms. The van der Waals surface area contributed by atoms with E-state index in [0.717, 1.165) is 19.6 Å². The number of nitrogens with zero attached hydrogens (tertiary/aromatic N) is 2. The lowest BCUT2D eigenvalue weighted by Gasteiger charge is -2.34. The summed E-state index contributed by atoms with van der Waals surface area (Å²) in [7, 11) is 0. The molecule has 5 heteroatoms. The fourth-order valence-corrected chi connectivity index (χ4v) is 3.49. The Labute approximate surface area is 173 Å². The molecule has 0 aliphatic carbocycles. The highest BCUT2D eigenvalue weighted by Gasteiger charge is 2.21. The summed E-state index contributed by atoms with van der Waals surface area (Å²) < 4.78 is 0. The maximum atomic E-state index is 12.5. The third-order valence-corrected chi connectivity index (χ3v) is 5.39. The molecule has 3 rings (SSSR count). The molecule has 1 N–H and O–H groups in total. The Hall–Kier alpha value is -2.66. The number of rotatable bonds is 5. The molecule has 2 aromatic carbocycles. The van der Waals surface area contributed by atoms with Gasteiger partial charge in [-0.05, 0) is 28.7 Å². The van der Waals surface area contributed by atoms with Gasteiger partial charge in [-0.15, -0.1) is 0 Å². The Morgan fingerprint density at radius 3 is 2.10 bits per heavy atom. The van der Waals surface area contributed by atoms with Crippen LogP contribution >= 0.6 is 0 Å². The number of carbonyl (C=O) groups is 2. The summed E-state index contributed by atoms with van der Waals surface area (Å²) in [6.45, 7) is 10.5. The Kier molecular flexibility index (Phi) is 6.70. The second-order valence-corrected chi connectivity index (χ2v) is 8.65. The maximum absolute atomic E-state index is 12.5. The molecule has 0 bridgehead atoms. The molecule has 0 aromatic heterocycles. The van der Waals surface area contributed by atoms with Crippen LogP contribution in [0.15, 0.2) is 54.6 Å². The molecule has 2 aromatic rings. The fourth-order valence-electron chi connectivity index (χ4n) is 3.49. The SMILES string of the molecule is CC(C)(C)c1ccc(C(=O)NCC(=O)N2CCN(Cc3ccccc3)CC2)cc1. The van der Waals surface area contributed by atoms with Crippen LogP contribution in [0, 0.1) is 0 Å². The van der Waals surface area contributed by atoms with Gasteiger partial charge in [0.05, 0.1) is 6.54 Å². The predicted molar refractivity (Wildman–Crippen MR) is 116 cm³/mol. The number of hydrogen-bond acceptors (Lipinski definition) is 3. The van der Waals surface area contributed by atoms with Gasteiger partial charge in [0.15, 0.2) is 0 Å². The first-order chi connectivity index (χ1) is 13.8. The van der Waals surface area contributed by atoms with E-state index in [2.05, 4.69) is 55.3 Å². The number of hydrogen-bond donors (Lipinski definition) is 1. The van der Waals surface area contributed by atoms with Gasteiger partial charge in [-0.25, -0.2) is 0 Å². The van der Waals surface area contributed by atoms with Crippen LogP contribution in [-0.4, -0.2) is 54.3 Å². The summed E-state index contributed by atoms with van der Waals surface area (Å²) in [6, 6.07) is 18.0. The van der Waals surface area contributed by atoms with E-state index < -0.39 is 0 Å². The van der Waals surface area contributed by atoms with Gasteiger partial charge < -0.3 is 10.2 Å². The molecular weight excluding hydrogens is 362 g/mol. The van der Waals surface area contributed by atoms with Crippen LogP contribution in [0.2, 0.25) is 0 Å². The monoisotopic (exact) mass is 393 g/mol. The summed E-state index contributed by atoms with van der Waals surface area (Å²) in [5.41, 5.74) is 3.10. The number of amides is 2. The molecule has 154 valence electrons.